The lowest BCUT2D eigenvalue weighted by molar-refractivity contribution is -0.141. The number of likely N-dealkylation sites (tertiary alicyclic amines) is 2. The Labute approximate surface area is 171 Å². The van der Waals surface area contributed by atoms with Gasteiger partial charge in [0, 0.05) is 31.6 Å². The molecule has 0 radical (unpaired) electrons. The maximum Gasteiger partial charge on any atom is 0.308 e. The van der Waals surface area contributed by atoms with Gasteiger partial charge in [-0.3, -0.25) is 14.5 Å². The molecule has 0 aliphatic carbocycles. The maximum absolute atomic E-state index is 12.2. The Kier molecular flexibility index (Phi) is 6.00. The molecule has 2 fully saturated rings. The van der Waals surface area contributed by atoms with Crippen molar-refractivity contribution in [1.29, 1.82) is 0 Å². The van der Waals surface area contributed by atoms with Gasteiger partial charge in [0.1, 0.15) is 12.4 Å². The largest absolute Gasteiger partial charge is 0.492 e. The minimum atomic E-state index is -0.892. The maximum atomic E-state index is 12.2. The lowest BCUT2D eigenvalue weighted by Gasteiger charge is -2.20. The van der Waals surface area contributed by atoms with Crippen LogP contribution in [-0.4, -0.2) is 66.1 Å². The summed E-state index contributed by atoms with van der Waals surface area (Å²) in [5, 5.41) is 11.5. The molecule has 1 N–H and O–H groups in total. The van der Waals surface area contributed by atoms with E-state index in [-0.39, 0.29) is 12.3 Å². The monoisotopic (exact) mass is 396 g/mol. The van der Waals surface area contributed by atoms with Crippen molar-refractivity contribution >= 4 is 22.6 Å². The third kappa shape index (κ3) is 4.53. The minimum absolute atomic E-state index is 0.0749. The van der Waals surface area contributed by atoms with Gasteiger partial charge in [0.15, 0.2) is 0 Å². The second-order valence-corrected chi connectivity index (χ2v) is 7.99. The molecule has 0 spiro atoms. The van der Waals surface area contributed by atoms with Gasteiger partial charge < -0.3 is 14.7 Å². The highest BCUT2D eigenvalue weighted by Crippen LogP contribution is 2.30. The Hall–Kier alpha value is -2.60. The highest BCUT2D eigenvalue weighted by Gasteiger charge is 2.34. The van der Waals surface area contributed by atoms with Crippen molar-refractivity contribution < 1.29 is 19.4 Å². The summed E-state index contributed by atoms with van der Waals surface area (Å²) in [4.78, 5) is 27.5. The second kappa shape index (κ2) is 8.82. The van der Waals surface area contributed by atoms with E-state index in [1.165, 1.54) is 12.8 Å². The predicted molar refractivity (Wildman–Crippen MR) is 111 cm³/mol. The van der Waals surface area contributed by atoms with Crippen LogP contribution < -0.4 is 4.74 Å². The van der Waals surface area contributed by atoms with Gasteiger partial charge in [-0.05, 0) is 49.2 Å². The van der Waals surface area contributed by atoms with E-state index >= 15 is 0 Å². The van der Waals surface area contributed by atoms with Gasteiger partial charge in [-0.15, -0.1) is 0 Å². The van der Waals surface area contributed by atoms with Crippen molar-refractivity contribution in [3.63, 3.8) is 0 Å². The van der Waals surface area contributed by atoms with Crippen LogP contribution in [0, 0.1) is 5.92 Å². The number of carboxylic acid groups (broad SMARTS) is 1. The van der Waals surface area contributed by atoms with Crippen LogP contribution >= 0.6 is 0 Å². The van der Waals surface area contributed by atoms with E-state index < -0.39 is 11.9 Å². The fourth-order valence-corrected chi connectivity index (χ4v) is 4.40. The van der Waals surface area contributed by atoms with Crippen LogP contribution in [0.25, 0.3) is 10.8 Å². The number of benzene rings is 2. The lowest BCUT2D eigenvalue weighted by atomic mass is 10.0. The molecular formula is C23H28N2O4. The summed E-state index contributed by atoms with van der Waals surface area (Å²) in [6.45, 7) is 4.68. The number of hydrogen-bond acceptors (Lipinski definition) is 4. The molecule has 2 heterocycles. The summed E-state index contributed by atoms with van der Waals surface area (Å²) in [5.41, 5.74) is 1.09. The molecule has 1 amide bonds. The molecule has 2 aromatic rings. The zero-order valence-electron chi connectivity index (χ0n) is 16.7. The lowest BCUT2D eigenvalue weighted by Crippen LogP contribution is -2.29. The Bertz CT molecular complexity index is 892. The molecule has 1 atom stereocenters. The summed E-state index contributed by atoms with van der Waals surface area (Å²) in [6.07, 6.45) is 3.29. The van der Waals surface area contributed by atoms with Gasteiger partial charge >= 0.3 is 5.97 Å². The van der Waals surface area contributed by atoms with E-state index in [1.54, 1.807) is 4.90 Å². The third-order valence-electron chi connectivity index (χ3n) is 6.06. The number of aliphatic carboxylic acids is 1. The topological polar surface area (TPSA) is 70.1 Å². The summed E-state index contributed by atoms with van der Waals surface area (Å²) >= 11 is 0. The van der Waals surface area contributed by atoms with E-state index in [0.717, 1.165) is 41.7 Å². The predicted octanol–water partition coefficient (Wildman–Crippen LogP) is 2.79. The number of fused-ring (bicyclic) bond motifs is 1. The number of carbonyl (C=O) groups is 2. The smallest absolute Gasteiger partial charge is 0.308 e. The van der Waals surface area contributed by atoms with Gasteiger partial charge in [-0.25, -0.2) is 0 Å². The number of ether oxygens (including phenoxy) is 1. The Morgan fingerprint density at radius 3 is 2.66 bits per heavy atom. The number of amides is 1. The van der Waals surface area contributed by atoms with Crippen molar-refractivity contribution in [1.82, 2.24) is 9.80 Å². The zero-order chi connectivity index (χ0) is 20.2. The van der Waals surface area contributed by atoms with Crippen LogP contribution in [0.4, 0.5) is 0 Å². The molecule has 154 valence electrons. The normalized spacial score (nSPS) is 19.9. The van der Waals surface area contributed by atoms with E-state index in [1.807, 2.05) is 18.2 Å². The standard InChI is InChI=1S/C23H28N2O4/c26-22-15-18(23(27)28)16-25(22)12-9-20-19-6-2-1-5-17(19)7-8-21(20)29-14-13-24-10-3-4-11-24/h1-2,5-8,18H,3-4,9-16H2,(H,27,28). The molecular weight excluding hydrogens is 368 g/mol. The Morgan fingerprint density at radius 1 is 1.10 bits per heavy atom. The summed E-state index contributed by atoms with van der Waals surface area (Å²) in [6, 6.07) is 12.3. The molecule has 0 aromatic heterocycles. The van der Waals surface area contributed by atoms with E-state index in [9.17, 15) is 14.7 Å². The van der Waals surface area contributed by atoms with Gasteiger partial charge in [0.25, 0.3) is 0 Å². The van der Waals surface area contributed by atoms with Crippen LogP contribution in [0.2, 0.25) is 0 Å². The third-order valence-corrected chi connectivity index (χ3v) is 6.06. The van der Waals surface area contributed by atoms with E-state index in [4.69, 9.17) is 4.74 Å². The molecule has 2 saturated heterocycles. The molecule has 2 aromatic carbocycles. The number of carbonyl (C=O) groups excluding carboxylic acids is 1. The summed E-state index contributed by atoms with van der Waals surface area (Å²) < 4.78 is 6.17. The molecule has 2 aliphatic heterocycles. The minimum Gasteiger partial charge on any atom is -0.492 e. The van der Waals surface area contributed by atoms with Crippen molar-refractivity contribution in [2.45, 2.75) is 25.7 Å². The van der Waals surface area contributed by atoms with Gasteiger partial charge in [-0.2, -0.15) is 0 Å². The number of rotatable bonds is 8. The average molecular weight is 396 g/mol. The van der Waals surface area contributed by atoms with Crippen molar-refractivity contribution in [3.05, 3.63) is 42.0 Å². The Morgan fingerprint density at radius 2 is 1.90 bits per heavy atom. The SMILES string of the molecule is O=C(O)C1CC(=O)N(CCc2c(OCCN3CCCC3)ccc3ccccc23)C1. The molecule has 6 heteroatoms. The molecule has 29 heavy (non-hydrogen) atoms. The first kappa shape index (κ1) is 19.7. The highest BCUT2D eigenvalue weighted by atomic mass is 16.5. The number of nitrogens with zero attached hydrogens (tertiary/aromatic N) is 2. The zero-order valence-corrected chi connectivity index (χ0v) is 16.7. The summed E-state index contributed by atoms with van der Waals surface area (Å²) in [7, 11) is 0. The van der Waals surface area contributed by atoms with Crippen LogP contribution in [-0.2, 0) is 16.0 Å². The molecule has 4 rings (SSSR count). The van der Waals surface area contributed by atoms with Crippen LogP contribution in [0.3, 0.4) is 0 Å². The fourth-order valence-electron chi connectivity index (χ4n) is 4.40. The van der Waals surface area contributed by atoms with Gasteiger partial charge in [0.2, 0.25) is 5.91 Å². The summed E-state index contributed by atoms with van der Waals surface area (Å²) in [5.74, 6) is -0.693. The molecule has 0 bridgehead atoms. The molecule has 1 unspecified atom stereocenters. The number of carboxylic acids is 1. The van der Waals surface area contributed by atoms with Gasteiger partial charge in [-0.1, -0.05) is 30.3 Å². The Balaban J connectivity index is 1.48. The van der Waals surface area contributed by atoms with Crippen LogP contribution in [0.1, 0.15) is 24.8 Å². The van der Waals surface area contributed by atoms with Crippen molar-refractivity contribution in [2.75, 3.05) is 39.3 Å². The first-order valence-corrected chi connectivity index (χ1v) is 10.5. The number of hydrogen-bond donors (Lipinski definition) is 1. The van der Waals surface area contributed by atoms with Crippen molar-refractivity contribution in [3.8, 4) is 5.75 Å². The molecule has 6 nitrogen and oxygen atoms in total. The van der Waals surface area contributed by atoms with E-state index in [0.29, 0.717) is 26.1 Å². The highest BCUT2D eigenvalue weighted by molar-refractivity contribution is 5.88. The van der Waals surface area contributed by atoms with Crippen LogP contribution in [0.15, 0.2) is 36.4 Å². The van der Waals surface area contributed by atoms with Crippen LogP contribution in [0.5, 0.6) is 5.75 Å². The molecule has 0 saturated carbocycles. The first-order valence-electron chi connectivity index (χ1n) is 10.5. The van der Waals surface area contributed by atoms with Crippen molar-refractivity contribution in [2.24, 2.45) is 5.92 Å². The fraction of sp³-hybridized carbons (Fsp3) is 0.478. The molecule has 2 aliphatic rings. The average Bonchev–Trinajstić information content (AvgIpc) is 3.36. The first-order chi connectivity index (χ1) is 14.1. The van der Waals surface area contributed by atoms with E-state index in [2.05, 4.69) is 23.1 Å². The quantitative estimate of drug-likeness (QED) is 0.743. The van der Waals surface area contributed by atoms with Gasteiger partial charge in [0.05, 0.1) is 5.92 Å². The second-order valence-electron chi connectivity index (χ2n) is 7.99.